The second kappa shape index (κ2) is 7.73. The molecule has 2 rings (SSSR count). The van der Waals surface area contributed by atoms with Crippen molar-refractivity contribution in [1.82, 2.24) is 9.88 Å². The van der Waals surface area contributed by atoms with E-state index in [-0.39, 0.29) is 11.5 Å². The first-order valence-corrected chi connectivity index (χ1v) is 8.22. The van der Waals surface area contributed by atoms with Crippen LogP contribution >= 0.6 is 11.3 Å². The Hall–Kier alpha value is -2.41. The van der Waals surface area contributed by atoms with Gasteiger partial charge in [-0.3, -0.25) is 14.4 Å². The van der Waals surface area contributed by atoms with E-state index in [1.54, 1.807) is 11.3 Å². The Labute approximate surface area is 138 Å². The number of aryl methyl sites for hydroxylation is 1. The van der Waals surface area contributed by atoms with Crippen molar-refractivity contribution in [2.45, 2.75) is 26.3 Å². The maximum absolute atomic E-state index is 11.9. The SMILES string of the molecule is CCn1cc(NC(=O)C(=O)NC[C@@H](C)c2cccs2)ccc1=O. The molecule has 0 bridgehead atoms. The molecule has 7 heteroatoms. The molecular weight excluding hydrogens is 314 g/mol. The van der Waals surface area contributed by atoms with E-state index >= 15 is 0 Å². The number of anilines is 1. The zero-order chi connectivity index (χ0) is 16.8. The first-order chi connectivity index (χ1) is 11.0. The Morgan fingerprint density at radius 3 is 2.70 bits per heavy atom. The van der Waals surface area contributed by atoms with E-state index in [0.717, 1.165) is 4.88 Å². The summed E-state index contributed by atoms with van der Waals surface area (Å²) in [6.45, 7) is 4.70. The van der Waals surface area contributed by atoms with Crippen LogP contribution in [0.15, 0.2) is 40.6 Å². The van der Waals surface area contributed by atoms with Crippen LogP contribution in [-0.2, 0) is 16.1 Å². The Morgan fingerprint density at radius 2 is 2.04 bits per heavy atom. The third-order valence-corrected chi connectivity index (χ3v) is 4.49. The minimum absolute atomic E-state index is 0.147. The van der Waals surface area contributed by atoms with Gasteiger partial charge in [-0.05, 0) is 24.4 Å². The van der Waals surface area contributed by atoms with Gasteiger partial charge in [0.15, 0.2) is 0 Å². The van der Waals surface area contributed by atoms with Crippen LogP contribution in [0.5, 0.6) is 0 Å². The molecule has 0 saturated carbocycles. The Bertz CT molecular complexity index is 737. The lowest BCUT2D eigenvalue weighted by Crippen LogP contribution is -2.37. The van der Waals surface area contributed by atoms with E-state index in [1.807, 2.05) is 31.4 Å². The predicted molar refractivity (Wildman–Crippen MR) is 90.7 cm³/mol. The topological polar surface area (TPSA) is 80.2 Å². The summed E-state index contributed by atoms with van der Waals surface area (Å²) in [5.74, 6) is -1.29. The van der Waals surface area contributed by atoms with Crippen molar-refractivity contribution >= 4 is 28.8 Å². The molecule has 2 aromatic rings. The second-order valence-corrected chi connectivity index (χ2v) is 6.10. The van der Waals surface area contributed by atoms with Gasteiger partial charge < -0.3 is 15.2 Å². The number of hydrogen-bond donors (Lipinski definition) is 2. The zero-order valence-corrected chi connectivity index (χ0v) is 13.9. The van der Waals surface area contributed by atoms with Crippen molar-refractivity contribution in [1.29, 1.82) is 0 Å². The number of aromatic nitrogens is 1. The van der Waals surface area contributed by atoms with Gasteiger partial charge in [0.25, 0.3) is 5.56 Å². The lowest BCUT2D eigenvalue weighted by Gasteiger charge is -2.11. The minimum atomic E-state index is -0.746. The fourth-order valence-electron chi connectivity index (χ4n) is 2.04. The molecule has 0 saturated heterocycles. The molecule has 122 valence electrons. The van der Waals surface area contributed by atoms with Gasteiger partial charge in [-0.2, -0.15) is 0 Å². The number of rotatable bonds is 5. The van der Waals surface area contributed by atoms with Gasteiger partial charge in [-0.25, -0.2) is 0 Å². The maximum Gasteiger partial charge on any atom is 0.313 e. The molecule has 0 aliphatic carbocycles. The molecule has 2 amide bonds. The van der Waals surface area contributed by atoms with E-state index in [1.165, 1.54) is 22.9 Å². The largest absolute Gasteiger partial charge is 0.347 e. The van der Waals surface area contributed by atoms with Crippen molar-refractivity contribution in [3.05, 3.63) is 51.1 Å². The van der Waals surface area contributed by atoms with Gasteiger partial charge in [-0.15, -0.1) is 11.3 Å². The van der Waals surface area contributed by atoms with Gasteiger partial charge in [0.1, 0.15) is 0 Å². The summed E-state index contributed by atoms with van der Waals surface area (Å²) in [5, 5.41) is 7.09. The maximum atomic E-state index is 11.9. The highest BCUT2D eigenvalue weighted by atomic mass is 32.1. The molecule has 0 aromatic carbocycles. The van der Waals surface area contributed by atoms with Crippen molar-refractivity contribution in [2.75, 3.05) is 11.9 Å². The van der Waals surface area contributed by atoms with Crippen LogP contribution in [0.2, 0.25) is 0 Å². The zero-order valence-electron chi connectivity index (χ0n) is 13.0. The fourth-order valence-corrected chi connectivity index (χ4v) is 2.83. The van der Waals surface area contributed by atoms with Crippen LogP contribution in [0, 0.1) is 0 Å². The molecule has 0 radical (unpaired) electrons. The summed E-state index contributed by atoms with van der Waals surface area (Å²) in [6.07, 6.45) is 1.52. The Morgan fingerprint density at radius 1 is 1.26 bits per heavy atom. The summed E-state index contributed by atoms with van der Waals surface area (Å²) >= 11 is 1.61. The van der Waals surface area contributed by atoms with E-state index in [0.29, 0.717) is 18.8 Å². The lowest BCUT2D eigenvalue weighted by molar-refractivity contribution is -0.136. The first kappa shape index (κ1) is 17.0. The normalized spacial score (nSPS) is 11.7. The molecule has 2 N–H and O–H groups in total. The van der Waals surface area contributed by atoms with Gasteiger partial charge in [0.05, 0.1) is 5.69 Å². The number of thiophene rings is 1. The molecule has 6 nitrogen and oxygen atoms in total. The van der Waals surface area contributed by atoms with Gasteiger partial charge in [-0.1, -0.05) is 13.0 Å². The number of hydrogen-bond acceptors (Lipinski definition) is 4. The standard InChI is InChI=1S/C16H19N3O3S/c1-3-19-10-12(6-7-14(19)20)18-16(22)15(21)17-9-11(2)13-5-4-8-23-13/h4-8,10-11H,3,9H2,1-2H3,(H,17,21)(H,18,22)/t11-/m1/s1. The van der Waals surface area contributed by atoms with Crippen LogP contribution in [-0.4, -0.2) is 22.9 Å². The summed E-state index contributed by atoms with van der Waals surface area (Å²) in [5.41, 5.74) is 0.262. The minimum Gasteiger partial charge on any atom is -0.347 e. The molecule has 0 unspecified atom stereocenters. The molecule has 0 aliphatic heterocycles. The third kappa shape index (κ3) is 4.53. The summed E-state index contributed by atoms with van der Waals surface area (Å²) < 4.78 is 1.45. The second-order valence-electron chi connectivity index (χ2n) is 5.12. The third-order valence-electron chi connectivity index (χ3n) is 3.39. The van der Waals surface area contributed by atoms with E-state index in [9.17, 15) is 14.4 Å². The first-order valence-electron chi connectivity index (χ1n) is 7.34. The highest BCUT2D eigenvalue weighted by molar-refractivity contribution is 7.10. The quantitative estimate of drug-likeness (QED) is 0.819. The van der Waals surface area contributed by atoms with Crippen LogP contribution < -0.4 is 16.2 Å². The van der Waals surface area contributed by atoms with Crippen LogP contribution in [0.25, 0.3) is 0 Å². The number of pyridine rings is 1. The lowest BCUT2D eigenvalue weighted by atomic mass is 10.1. The number of carbonyl (C=O) groups excluding carboxylic acids is 2. The average molecular weight is 333 g/mol. The summed E-state index contributed by atoms with van der Waals surface area (Å²) in [7, 11) is 0. The van der Waals surface area contributed by atoms with E-state index < -0.39 is 11.8 Å². The summed E-state index contributed by atoms with van der Waals surface area (Å²) in [4.78, 5) is 36.4. The summed E-state index contributed by atoms with van der Waals surface area (Å²) in [6, 6.07) is 6.78. The van der Waals surface area contributed by atoms with Crippen molar-refractivity contribution in [2.24, 2.45) is 0 Å². The number of amides is 2. The molecule has 0 spiro atoms. The Kier molecular flexibility index (Phi) is 5.70. The number of nitrogens with zero attached hydrogens (tertiary/aromatic N) is 1. The van der Waals surface area contributed by atoms with E-state index in [4.69, 9.17) is 0 Å². The smallest absolute Gasteiger partial charge is 0.313 e. The van der Waals surface area contributed by atoms with Crippen molar-refractivity contribution < 1.29 is 9.59 Å². The molecule has 2 aromatic heterocycles. The highest BCUT2D eigenvalue weighted by Gasteiger charge is 2.15. The fraction of sp³-hybridized carbons (Fsp3) is 0.312. The van der Waals surface area contributed by atoms with Gasteiger partial charge in [0, 0.05) is 36.1 Å². The van der Waals surface area contributed by atoms with Crippen molar-refractivity contribution in [3.8, 4) is 0 Å². The van der Waals surface area contributed by atoms with Gasteiger partial charge >= 0.3 is 11.8 Å². The molecule has 2 heterocycles. The predicted octanol–water partition coefficient (Wildman–Crippen LogP) is 1.79. The van der Waals surface area contributed by atoms with Crippen LogP contribution in [0.4, 0.5) is 5.69 Å². The average Bonchev–Trinajstić information content (AvgIpc) is 3.08. The van der Waals surface area contributed by atoms with Crippen molar-refractivity contribution in [3.63, 3.8) is 0 Å². The highest BCUT2D eigenvalue weighted by Crippen LogP contribution is 2.19. The Balaban J connectivity index is 1.90. The van der Waals surface area contributed by atoms with E-state index in [2.05, 4.69) is 10.6 Å². The molecule has 23 heavy (non-hydrogen) atoms. The number of carbonyl (C=O) groups is 2. The van der Waals surface area contributed by atoms with Crippen LogP contribution in [0.3, 0.4) is 0 Å². The van der Waals surface area contributed by atoms with Gasteiger partial charge in [0.2, 0.25) is 0 Å². The monoisotopic (exact) mass is 333 g/mol. The molecular formula is C16H19N3O3S. The number of nitrogens with one attached hydrogen (secondary N) is 2. The molecule has 0 fully saturated rings. The molecule has 0 aliphatic rings. The molecule has 1 atom stereocenters. The van der Waals surface area contributed by atoms with Crippen LogP contribution in [0.1, 0.15) is 24.6 Å².